The van der Waals surface area contributed by atoms with Crippen molar-refractivity contribution in [3.63, 3.8) is 0 Å². The summed E-state index contributed by atoms with van der Waals surface area (Å²) < 4.78 is 10.5. The maximum atomic E-state index is 12.0. The van der Waals surface area contributed by atoms with Gasteiger partial charge < -0.3 is 20.9 Å². The van der Waals surface area contributed by atoms with Crippen LogP contribution in [0, 0.1) is 0 Å². The average Bonchev–Trinajstić information content (AvgIpc) is 2.61. The van der Waals surface area contributed by atoms with Crippen LogP contribution in [0.1, 0.15) is 32.6 Å². The van der Waals surface area contributed by atoms with Crippen molar-refractivity contribution in [3.8, 4) is 0 Å². The molecule has 2 N–H and O–H groups in total. The van der Waals surface area contributed by atoms with Crippen LogP contribution in [0.5, 0.6) is 0 Å². The molecule has 1 fully saturated rings. The monoisotopic (exact) mass is 401 g/mol. The molecule has 1 aliphatic heterocycles. The molecule has 0 atom stereocenters. The second-order valence-electron chi connectivity index (χ2n) is 7.45. The number of aromatic carboxylic acids is 1. The molecule has 1 aliphatic rings. The summed E-state index contributed by atoms with van der Waals surface area (Å²) in [6.45, 7) is 8.78. The number of carboxylic acids is 1. The molecule has 2 rings (SSSR count). The summed E-state index contributed by atoms with van der Waals surface area (Å²) in [4.78, 5) is 38.4. The first kappa shape index (κ1) is 24.8. The zero-order valence-corrected chi connectivity index (χ0v) is 17.4. The molecule has 2 amide bonds. The number of ether oxygens (including phenoxy) is 2. The molecule has 10 heteroatoms. The van der Waals surface area contributed by atoms with Gasteiger partial charge in [-0.2, -0.15) is 0 Å². The number of rotatable bonds is 5. The van der Waals surface area contributed by atoms with Crippen LogP contribution < -0.4 is 24.2 Å². The first-order valence-corrected chi connectivity index (χ1v) is 9.11. The van der Waals surface area contributed by atoms with Crippen molar-refractivity contribution >= 4 is 23.8 Å². The van der Waals surface area contributed by atoms with Crippen molar-refractivity contribution in [2.45, 2.75) is 26.4 Å². The van der Waals surface area contributed by atoms with Crippen molar-refractivity contribution in [2.75, 3.05) is 44.6 Å². The summed E-state index contributed by atoms with van der Waals surface area (Å²) in [5.74, 6) is -1.03. The van der Waals surface area contributed by atoms with Crippen molar-refractivity contribution < 1.29 is 49.3 Å². The van der Waals surface area contributed by atoms with Gasteiger partial charge in [-0.05, 0) is 45.0 Å². The Labute approximate surface area is 184 Å². The molecule has 0 bridgehead atoms. The van der Waals surface area contributed by atoms with Crippen LogP contribution in [0.3, 0.4) is 0 Å². The van der Waals surface area contributed by atoms with Crippen molar-refractivity contribution in [1.82, 2.24) is 9.80 Å². The van der Waals surface area contributed by atoms with E-state index >= 15 is 0 Å². The van der Waals surface area contributed by atoms with Gasteiger partial charge in [-0.15, -0.1) is 0 Å². The van der Waals surface area contributed by atoms with Gasteiger partial charge in [0.2, 0.25) is 0 Å². The normalized spacial score (nSPS) is 14.5. The predicted molar refractivity (Wildman–Crippen MR) is 104 cm³/mol. The number of nitrogens with one attached hydrogen (secondary N) is 1. The summed E-state index contributed by atoms with van der Waals surface area (Å²) in [5.41, 5.74) is 0.0917. The summed E-state index contributed by atoms with van der Waals surface area (Å²) in [6, 6.07) is 5.81. The SMILES string of the molecule is CC(C)(C)OC(=O)N1CCN(CCOC(=O)Nc2ccc(C(=O)O)cc2)CC1.[H-].[Li+]. The Kier molecular flexibility index (Phi) is 9.50. The van der Waals surface area contributed by atoms with E-state index < -0.39 is 17.7 Å². The molecular weight excluding hydrogens is 373 g/mol. The van der Waals surface area contributed by atoms with Crippen LogP contribution in [0.2, 0.25) is 0 Å². The van der Waals surface area contributed by atoms with Crippen molar-refractivity contribution in [1.29, 1.82) is 0 Å². The van der Waals surface area contributed by atoms with E-state index in [-0.39, 0.29) is 38.6 Å². The zero-order chi connectivity index (χ0) is 20.7. The number of anilines is 1. The summed E-state index contributed by atoms with van der Waals surface area (Å²) >= 11 is 0. The maximum Gasteiger partial charge on any atom is 1.00 e. The fraction of sp³-hybridized carbons (Fsp3) is 0.526. The number of nitrogens with zero attached hydrogens (tertiary/aromatic N) is 2. The summed E-state index contributed by atoms with van der Waals surface area (Å²) in [6.07, 6.45) is -0.910. The van der Waals surface area contributed by atoms with Crippen molar-refractivity contribution in [3.05, 3.63) is 29.8 Å². The molecule has 0 aromatic heterocycles. The topological polar surface area (TPSA) is 108 Å². The number of benzene rings is 1. The largest absolute Gasteiger partial charge is 1.00 e. The van der Waals surface area contributed by atoms with Crippen LogP contribution >= 0.6 is 0 Å². The average molecular weight is 401 g/mol. The third-order valence-corrected chi connectivity index (χ3v) is 4.04. The van der Waals surface area contributed by atoms with E-state index in [1.54, 1.807) is 4.90 Å². The predicted octanol–water partition coefficient (Wildman–Crippen LogP) is -0.397. The molecule has 0 aliphatic carbocycles. The second-order valence-corrected chi connectivity index (χ2v) is 7.45. The molecular formula is C19H28LiN3O6. The van der Waals surface area contributed by atoms with E-state index in [0.717, 1.165) is 0 Å². The van der Waals surface area contributed by atoms with Gasteiger partial charge in [0, 0.05) is 38.4 Å². The number of hydrogen-bond acceptors (Lipinski definition) is 6. The Bertz CT molecular complexity index is 703. The standard InChI is InChI=1S/C19H27N3O6.Li.H/c1-19(2,3)28-18(26)22-10-8-21(9-11-22)12-13-27-17(25)20-15-6-4-14(5-7-15)16(23)24;;/h4-7H,8-13H2,1-3H3,(H,20,25)(H,23,24);;/q;+1;-1. The Hall–Kier alpha value is -2.21. The smallest absolute Gasteiger partial charge is 1.00 e. The summed E-state index contributed by atoms with van der Waals surface area (Å²) in [5, 5.41) is 11.4. The van der Waals surface area contributed by atoms with Crippen LogP contribution in [0.25, 0.3) is 0 Å². The van der Waals surface area contributed by atoms with Gasteiger partial charge in [-0.25, -0.2) is 14.4 Å². The molecule has 1 aromatic carbocycles. The minimum atomic E-state index is -1.03. The maximum absolute atomic E-state index is 12.0. The van der Waals surface area contributed by atoms with Gasteiger partial charge in [0.1, 0.15) is 12.2 Å². The molecule has 0 radical (unpaired) electrons. The third-order valence-electron chi connectivity index (χ3n) is 4.04. The van der Waals surface area contributed by atoms with E-state index in [1.165, 1.54) is 24.3 Å². The number of carboxylic acid groups (broad SMARTS) is 1. The first-order valence-electron chi connectivity index (χ1n) is 9.11. The minimum Gasteiger partial charge on any atom is -1.00 e. The fourth-order valence-corrected chi connectivity index (χ4v) is 2.60. The number of carbonyl (C=O) groups excluding carboxylic acids is 2. The summed E-state index contributed by atoms with van der Waals surface area (Å²) in [7, 11) is 0. The Morgan fingerprint density at radius 1 is 1.10 bits per heavy atom. The Morgan fingerprint density at radius 3 is 2.21 bits per heavy atom. The van der Waals surface area contributed by atoms with E-state index in [1.807, 2.05) is 20.8 Å². The molecule has 1 heterocycles. The molecule has 29 heavy (non-hydrogen) atoms. The first-order chi connectivity index (χ1) is 13.1. The van der Waals surface area contributed by atoms with Gasteiger partial charge in [-0.1, -0.05) is 0 Å². The van der Waals surface area contributed by atoms with Crippen molar-refractivity contribution in [2.24, 2.45) is 0 Å². The minimum absolute atomic E-state index is 0. The molecule has 156 valence electrons. The van der Waals surface area contributed by atoms with Gasteiger partial charge in [0.05, 0.1) is 5.56 Å². The van der Waals surface area contributed by atoms with Gasteiger partial charge in [0.15, 0.2) is 0 Å². The number of hydrogen-bond donors (Lipinski definition) is 2. The molecule has 1 saturated heterocycles. The molecule has 1 aromatic rings. The van der Waals surface area contributed by atoms with Gasteiger partial charge in [0.25, 0.3) is 0 Å². The zero-order valence-electron chi connectivity index (χ0n) is 18.4. The van der Waals surface area contributed by atoms with E-state index in [9.17, 15) is 14.4 Å². The van der Waals surface area contributed by atoms with Crippen LogP contribution in [-0.4, -0.2) is 78.0 Å². The van der Waals surface area contributed by atoms with E-state index in [0.29, 0.717) is 38.4 Å². The Morgan fingerprint density at radius 2 is 1.69 bits per heavy atom. The third kappa shape index (κ3) is 8.77. The molecule has 0 spiro atoms. The van der Waals surface area contributed by atoms with Crippen LogP contribution in [-0.2, 0) is 9.47 Å². The van der Waals surface area contributed by atoms with Gasteiger partial charge >= 0.3 is 37.0 Å². The molecule has 0 saturated carbocycles. The Balaban J connectivity index is 0.00000420. The second kappa shape index (κ2) is 11.1. The van der Waals surface area contributed by atoms with E-state index in [2.05, 4.69) is 10.2 Å². The number of piperazine rings is 1. The van der Waals surface area contributed by atoms with Crippen LogP contribution in [0.4, 0.5) is 15.3 Å². The van der Waals surface area contributed by atoms with Gasteiger partial charge in [-0.3, -0.25) is 10.2 Å². The number of amides is 2. The quantitative estimate of drug-likeness (QED) is 0.647. The van der Waals surface area contributed by atoms with Crippen LogP contribution in [0.15, 0.2) is 24.3 Å². The van der Waals surface area contributed by atoms with E-state index in [4.69, 9.17) is 14.6 Å². The number of carbonyl (C=O) groups is 3. The fourth-order valence-electron chi connectivity index (χ4n) is 2.60. The molecule has 0 unspecified atom stereocenters. The molecule has 9 nitrogen and oxygen atoms in total.